The van der Waals surface area contributed by atoms with Crippen molar-refractivity contribution in [2.75, 3.05) is 13.1 Å². The van der Waals surface area contributed by atoms with Crippen LogP contribution in [0.2, 0.25) is 0 Å². The van der Waals surface area contributed by atoms with Gasteiger partial charge >= 0.3 is 0 Å². The van der Waals surface area contributed by atoms with Gasteiger partial charge < -0.3 is 14.7 Å². The zero-order valence-electron chi connectivity index (χ0n) is 16.7. The number of amides is 2. The molecule has 0 aromatic carbocycles. The Morgan fingerprint density at radius 2 is 1.96 bits per heavy atom. The topological polar surface area (TPSA) is 75.4 Å². The van der Waals surface area contributed by atoms with E-state index in [9.17, 15) is 9.59 Å². The van der Waals surface area contributed by atoms with Gasteiger partial charge in [0.1, 0.15) is 0 Å². The number of carbonyl (C=O) groups is 2. The van der Waals surface area contributed by atoms with Gasteiger partial charge in [-0.3, -0.25) is 9.59 Å². The molecule has 0 aliphatic heterocycles. The fourth-order valence-electron chi connectivity index (χ4n) is 3.81. The van der Waals surface area contributed by atoms with Gasteiger partial charge in [-0.1, -0.05) is 44.7 Å². The summed E-state index contributed by atoms with van der Waals surface area (Å²) in [6, 6.07) is 1.67. The third-order valence-corrected chi connectivity index (χ3v) is 5.57. The molecule has 150 valence electrons. The van der Waals surface area contributed by atoms with Crippen LogP contribution < -0.4 is 5.32 Å². The molecule has 27 heavy (non-hydrogen) atoms. The van der Waals surface area contributed by atoms with E-state index in [0.717, 1.165) is 6.42 Å². The van der Waals surface area contributed by atoms with Crippen molar-refractivity contribution in [1.82, 2.24) is 15.4 Å². The van der Waals surface area contributed by atoms with Crippen molar-refractivity contribution in [3.63, 3.8) is 0 Å². The molecule has 2 amide bonds. The second kappa shape index (κ2) is 9.38. The lowest BCUT2D eigenvalue weighted by atomic mass is 10.0. The molecular formula is C21H33N3O3. The van der Waals surface area contributed by atoms with E-state index in [0.29, 0.717) is 55.3 Å². The summed E-state index contributed by atoms with van der Waals surface area (Å²) in [5, 5.41) is 6.78. The normalized spacial score (nSPS) is 17.4. The molecule has 2 aliphatic rings. The van der Waals surface area contributed by atoms with E-state index in [4.69, 9.17) is 4.52 Å². The lowest BCUT2D eigenvalue weighted by Gasteiger charge is -2.24. The van der Waals surface area contributed by atoms with Crippen LogP contribution in [0.15, 0.2) is 10.6 Å². The van der Waals surface area contributed by atoms with E-state index in [1.807, 2.05) is 4.90 Å². The molecule has 0 spiro atoms. The zero-order valence-corrected chi connectivity index (χ0v) is 16.7. The summed E-state index contributed by atoms with van der Waals surface area (Å²) in [4.78, 5) is 26.7. The van der Waals surface area contributed by atoms with Gasteiger partial charge in [-0.2, -0.15) is 0 Å². The van der Waals surface area contributed by atoms with E-state index in [1.165, 1.54) is 38.5 Å². The summed E-state index contributed by atoms with van der Waals surface area (Å²) in [7, 11) is 0. The molecule has 0 atom stereocenters. The highest BCUT2D eigenvalue weighted by molar-refractivity contribution is 5.92. The maximum atomic E-state index is 12.7. The molecule has 0 bridgehead atoms. The Morgan fingerprint density at radius 1 is 1.22 bits per heavy atom. The Bertz CT molecular complexity index is 630. The van der Waals surface area contributed by atoms with Crippen molar-refractivity contribution < 1.29 is 14.1 Å². The van der Waals surface area contributed by atoms with E-state index >= 15 is 0 Å². The number of rotatable bonds is 10. The van der Waals surface area contributed by atoms with E-state index in [2.05, 4.69) is 24.3 Å². The molecule has 1 aromatic heterocycles. The van der Waals surface area contributed by atoms with Crippen LogP contribution in [-0.2, 0) is 11.3 Å². The number of nitrogens with zero attached hydrogens (tertiary/aromatic N) is 2. The Morgan fingerprint density at radius 3 is 2.63 bits per heavy atom. The molecule has 3 rings (SSSR count). The van der Waals surface area contributed by atoms with Gasteiger partial charge in [-0.05, 0) is 37.0 Å². The average molecular weight is 376 g/mol. The van der Waals surface area contributed by atoms with Crippen LogP contribution in [0.3, 0.4) is 0 Å². The standard InChI is InChI=1S/C21H33N3O3/c1-15(2)13-24(20(25)10-9-16-5-3-4-6-16)14-18-11-19(23-27-18)21(26)22-12-17-7-8-17/h11,15-17H,3-10,12-14H2,1-2H3,(H,22,26). The molecule has 1 heterocycles. The van der Waals surface area contributed by atoms with Crippen LogP contribution in [0.1, 0.15) is 81.5 Å². The predicted octanol–water partition coefficient (Wildman–Crippen LogP) is 3.77. The van der Waals surface area contributed by atoms with E-state index in [1.54, 1.807) is 6.07 Å². The highest BCUT2D eigenvalue weighted by Crippen LogP contribution is 2.29. The second-order valence-electron chi connectivity index (χ2n) is 8.69. The Labute approximate surface area is 162 Å². The largest absolute Gasteiger partial charge is 0.359 e. The van der Waals surface area contributed by atoms with Crippen molar-refractivity contribution in [2.45, 2.75) is 71.8 Å². The first-order valence-electron chi connectivity index (χ1n) is 10.5. The van der Waals surface area contributed by atoms with E-state index in [-0.39, 0.29) is 11.8 Å². The van der Waals surface area contributed by atoms with Crippen LogP contribution >= 0.6 is 0 Å². The molecule has 6 heteroatoms. The first-order chi connectivity index (χ1) is 13.0. The summed E-state index contributed by atoms with van der Waals surface area (Å²) in [5.74, 6) is 2.26. The third-order valence-electron chi connectivity index (χ3n) is 5.57. The minimum Gasteiger partial charge on any atom is -0.359 e. The third kappa shape index (κ3) is 6.36. The molecule has 0 radical (unpaired) electrons. The van der Waals surface area contributed by atoms with Crippen LogP contribution in [0.5, 0.6) is 0 Å². The van der Waals surface area contributed by atoms with Crippen molar-refractivity contribution in [3.05, 3.63) is 17.5 Å². The zero-order chi connectivity index (χ0) is 19.2. The fraction of sp³-hybridized carbons (Fsp3) is 0.762. The Kier molecular flexibility index (Phi) is 6.91. The van der Waals surface area contributed by atoms with Crippen molar-refractivity contribution in [2.24, 2.45) is 17.8 Å². The summed E-state index contributed by atoms with van der Waals surface area (Å²) in [5.41, 5.74) is 0.300. The number of aromatic nitrogens is 1. The molecule has 2 saturated carbocycles. The van der Waals surface area contributed by atoms with Crippen LogP contribution in [0.4, 0.5) is 0 Å². The number of carbonyl (C=O) groups excluding carboxylic acids is 2. The molecule has 0 saturated heterocycles. The quantitative estimate of drug-likeness (QED) is 0.675. The summed E-state index contributed by atoms with van der Waals surface area (Å²) >= 11 is 0. The Hall–Kier alpha value is -1.85. The first kappa shape index (κ1) is 19.9. The minimum atomic E-state index is -0.195. The molecule has 0 unspecified atom stereocenters. The second-order valence-corrected chi connectivity index (χ2v) is 8.69. The minimum absolute atomic E-state index is 0.173. The van der Waals surface area contributed by atoms with Gasteiger partial charge in [0, 0.05) is 25.6 Å². The lowest BCUT2D eigenvalue weighted by Crippen LogP contribution is -2.33. The number of hydrogen-bond donors (Lipinski definition) is 1. The molecule has 2 fully saturated rings. The monoisotopic (exact) mass is 375 g/mol. The smallest absolute Gasteiger partial charge is 0.273 e. The molecule has 6 nitrogen and oxygen atoms in total. The van der Waals surface area contributed by atoms with Gasteiger partial charge in [0.05, 0.1) is 6.54 Å². The van der Waals surface area contributed by atoms with Crippen LogP contribution in [0.25, 0.3) is 0 Å². The lowest BCUT2D eigenvalue weighted by molar-refractivity contribution is -0.133. The molecule has 1 N–H and O–H groups in total. The van der Waals surface area contributed by atoms with Gasteiger partial charge in [0.25, 0.3) is 5.91 Å². The Balaban J connectivity index is 1.53. The molecule has 1 aromatic rings. The number of hydrogen-bond acceptors (Lipinski definition) is 4. The highest BCUT2D eigenvalue weighted by Gasteiger charge is 2.24. The fourth-order valence-corrected chi connectivity index (χ4v) is 3.81. The van der Waals surface area contributed by atoms with Gasteiger partial charge in [0.15, 0.2) is 11.5 Å². The predicted molar refractivity (Wildman–Crippen MR) is 103 cm³/mol. The number of nitrogens with one attached hydrogen (secondary N) is 1. The summed E-state index contributed by atoms with van der Waals surface area (Å²) < 4.78 is 5.34. The molecular weight excluding hydrogens is 342 g/mol. The summed E-state index contributed by atoms with van der Waals surface area (Å²) in [6.07, 6.45) is 9.10. The maximum absolute atomic E-state index is 12.7. The van der Waals surface area contributed by atoms with Gasteiger partial charge in [0.2, 0.25) is 5.91 Å². The van der Waals surface area contributed by atoms with E-state index < -0.39 is 0 Å². The molecule has 2 aliphatic carbocycles. The van der Waals surface area contributed by atoms with Crippen LogP contribution in [0, 0.1) is 17.8 Å². The van der Waals surface area contributed by atoms with Crippen molar-refractivity contribution in [3.8, 4) is 0 Å². The van der Waals surface area contributed by atoms with Crippen molar-refractivity contribution in [1.29, 1.82) is 0 Å². The first-order valence-corrected chi connectivity index (χ1v) is 10.5. The van der Waals surface area contributed by atoms with Gasteiger partial charge in [-0.15, -0.1) is 0 Å². The van der Waals surface area contributed by atoms with Crippen molar-refractivity contribution >= 4 is 11.8 Å². The SMILES string of the molecule is CC(C)CN(Cc1cc(C(=O)NCC2CC2)no1)C(=O)CCC1CCCC1. The average Bonchev–Trinajstić information content (AvgIpc) is 3.10. The van der Waals surface area contributed by atoms with Gasteiger partial charge in [-0.25, -0.2) is 0 Å². The maximum Gasteiger partial charge on any atom is 0.273 e. The highest BCUT2D eigenvalue weighted by atomic mass is 16.5. The van der Waals surface area contributed by atoms with Crippen LogP contribution in [-0.4, -0.2) is 35.0 Å². The summed E-state index contributed by atoms with van der Waals surface area (Å²) in [6.45, 7) is 5.99.